The molecule has 0 aromatic heterocycles. The van der Waals surface area contributed by atoms with Gasteiger partial charge in [0.05, 0.1) is 12.6 Å². The van der Waals surface area contributed by atoms with Crippen LogP contribution in [0.2, 0.25) is 0 Å². The van der Waals surface area contributed by atoms with Gasteiger partial charge in [0.15, 0.2) is 0 Å². The van der Waals surface area contributed by atoms with Gasteiger partial charge in [-0.2, -0.15) is 0 Å². The van der Waals surface area contributed by atoms with Gasteiger partial charge in [-0.3, -0.25) is 4.79 Å². The van der Waals surface area contributed by atoms with Gasteiger partial charge in [-0.05, 0) is 17.5 Å². The highest BCUT2D eigenvalue weighted by Gasteiger charge is 2.36. The molecular weight excluding hydrogens is 268 g/mol. The van der Waals surface area contributed by atoms with E-state index in [-0.39, 0.29) is 17.6 Å². The van der Waals surface area contributed by atoms with Gasteiger partial charge in [-0.15, -0.1) is 0 Å². The quantitative estimate of drug-likeness (QED) is 0.853. The number of hydrogen-bond donors (Lipinski definition) is 2. The van der Waals surface area contributed by atoms with Gasteiger partial charge >= 0.3 is 0 Å². The first-order valence-corrected chi connectivity index (χ1v) is 7.43. The number of carbonyl (C=O) groups excluding carboxylic acids is 1. The lowest BCUT2D eigenvalue weighted by atomic mass is 9.95. The summed E-state index contributed by atoms with van der Waals surface area (Å²) in [6, 6.07) is 8.08. The molecule has 1 aromatic rings. The van der Waals surface area contributed by atoms with Crippen LogP contribution in [0.15, 0.2) is 24.3 Å². The van der Waals surface area contributed by atoms with E-state index in [1.165, 1.54) is 11.1 Å². The van der Waals surface area contributed by atoms with Crippen molar-refractivity contribution in [2.24, 2.45) is 0 Å². The van der Waals surface area contributed by atoms with Crippen LogP contribution in [-0.4, -0.2) is 44.4 Å². The maximum atomic E-state index is 12.4. The third kappa shape index (κ3) is 3.10. The predicted molar refractivity (Wildman–Crippen MR) is 79.0 cm³/mol. The van der Waals surface area contributed by atoms with Gasteiger partial charge < -0.3 is 20.1 Å². The zero-order valence-electron chi connectivity index (χ0n) is 12.4. The van der Waals surface area contributed by atoms with Crippen LogP contribution in [0.3, 0.4) is 0 Å². The summed E-state index contributed by atoms with van der Waals surface area (Å²) in [6.45, 7) is 2.48. The Labute approximate surface area is 125 Å². The van der Waals surface area contributed by atoms with E-state index in [1.54, 1.807) is 7.11 Å². The van der Waals surface area contributed by atoms with Crippen molar-refractivity contribution >= 4 is 5.91 Å². The van der Waals surface area contributed by atoms with E-state index in [4.69, 9.17) is 9.47 Å². The number of nitrogens with one attached hydrogen (secondary N) is 2. The third-order valence-electron chi connectivity index (χ3n) is 4.48. The first-order valence-electron chi connectivity index (χ1n) is 7.43. The van der Waals surface area contributed by atoms with Gasteiger partial charge in [0.25, 0.3) is 0 Å². The van der Waals surface area contributed by atoms with Crippen molar-refractivity contribution in [3.63, 3.8) is 0 Å². The van der Waals surface area contributed by atoms with Crippen LogP contribution in [0, 0.1) is 0 Å². The minimum atomic E-state index is -0.359. The van der Waals surface area contributed by atoms with E-state index in [0.29, 0.717) is 19.8 Å². The highest BCUT2D eigenvalue weighted by molar-refractivity contribution is 5.82. The van der Waals surface area contributed by atoms with Crippen molar-refractivity contribution in [3.8, 4) is 0 Å². The molecule has 21 heavy (non-hydrogen) atoms. The predicted octanol–water partition coefficient (Wildman–Crippen LogP) is 0.623. The molecule has 0 bridgehead atoms. The molecule has 3 rings (SSSR count). The topological polar surface area (TPSA) is 59.6 Å². The summed E-state index contributed by atoms with van der Waals surface area (Å²) in [4.78, 5) is 12.4. The summed E-state index contributed by atoms with van der Waals surface area (Å²) in [6.07, 6.45) is 1.56. The fraction of sp³-hybridized carbons (Fsp3) is 0.562. The minimum Gasteiger partial charge on any atom is -0.378 e. The van der Waals surface area contributed by atoms with E-state index in [1.807, 2.05) is 12.1 Å². The summed E-state index contributed by atoms with van der Waals surface area (Å²) in [7, 11) is 1.68. The Morgan fingerprint density at radius 1 is 1.48 bits per heavy atom. The van der Waals surface area contributed by atoms with E-state index in [9.17, 15) is 4.79 Å². The number of amides is 1. The largest absolute Gasteiger partial charge is 0.378 e. The fourth-order valence-corrected chi connectivity index (χ4v) is 2.97. The van der Waals surface area contributed by atoms with E-state index in [2.05, 4.69) is 22.8 Å². The average molecular weight is 290 g/mol. The Kier molecular flexibility index (Phi) is 4.24. The SMILES string of the molecule is COC1(CNC(=O)[C@@H]2Cc3ccccc3CN2)CCOC1. The van der Waals surface area contributed by atoms with Crippen LogP contribution in [0.4, 0.5) is 0 Å². The van der Waals surface area contributed by atoms with Crippen molar-refractivity contribution in [2.45, 2.75) is 31.0 Å². The molecule has 0 radical (unpaired) electrons. The van der Waals surface area contributed by atoms with Crippen molar-refractivity contribution in [1.29, 1.82) is 0 Å². The second-order valence-corrected chi connectivity index (χ2v) is 5.81. The van der Waals surface area contributed by atoms with Crippen LogP contribution in [-0.2, 0) is 27.2 Å². The molecule has 2 N–H and O–H groups in total. The molecule has 114 valence electrons. The highest BCUT2D eigenvalue weighted by Crippen LogP contribution is 2.22. The maximum Gasteiger partial charge on any atom is 0.237 e. The maximum absolute atomic E-state index is 12.4. The molecule has 1 aromatic carbocycles. The van der Waals surface area contributed by atoms with Crippen LogP contribution in [0.5, 0.6) is 0 Å². The van der Waals surface area contributed by atoms with Crippen molar-refractivity contribution in [2.75, 3.05) is 26.9 Å². The number of fused-ring (bicyclic) bond motifs is 1. The second kappa shape index (κ2) is 6.13. The van der Waals surface area contributed by atoms with Crippen LogP contribution in [0.25, 0.3) is 0 Å². The lowest BCUT2D eigenvalue weighted by Gasteiger charge is -2.29. The van der Waals surface area contributed by atoms with Gasteiger partial charge in [-0.25, -0.2) is 0 Å². The number of hydrogen-bond acceptors (Lipinski definition) is 4. The normalized spacial score (nSPS) is 28.1. The summed E-state index contributed by atoms with van der Waals surface area (Å²) in [5.74, 6) is 0.0350. The summed E-state index contributed by atoms with van der Waals surface area (Å²) in [5.41, 5.74) is 2.17. The fourth-order valence-electron chi connectivity index (χ4n) is 2.97. The van der Waals surface area contributed by atoms with Crippen molar-refractivity contribution < 1.29 is 14.3 Å². The van der Waals surface area contributed by atoms with E-state index < -0.39 is 0 Å². The molecule has 2 aliphatic heterocycles. The molecule has 2 heterocycles. The Balaban J connectivity index is 1.57. The monoisotopic (exact) mass is 290 g/mol. The molecule has 1 fully saturated rings. The van der Waals surface area contributed by atoms with Crippen molar-refractivity contribution in [3.05, 3.63) is 35.4 Å². The van der Waals surface area contributed by atoms with E-state index in [0.717, 1.165) is 19.4 Å². The Hall–Kier alpha value is -1.43. The number of ether oxygens (including phenoxy) is 2. The van der Waals surface area contributed by atoms with Gasteiger partial charge in [0.2, 0.25) is 5.91 Å². The molecule has 0 saturated carbocycles. The first kappa shape index (κ1) is 14.5. The zero-order chi connectivity index (χ0) is 14.7. The molecule has 1 saturated heterocycles. The zero-order valence-corrected chi connectivity index (χ0v) is 12.4. The Bertz CT molecular complexity index is 512. The summed E-state index contributed by atoms with van der Waals surface area (Å²) < 4.78 is 10.9. The van der Waals surface area contributed by atoms with Crippen LogP contribution >= 0.6 is 0 Å². The molecule has 2 atom stereocenters. The Morgan fingerprint density at radius 2 is 2.29 bits per heavy atom. The van der Waals surface area contributed by atoms with E-state index >= 15 is 0 Å². The molecule has 1 amide bonds. The lowest BCUT2D eigenvalue weighted by Crippen LogP contribution is -2.52. The molecule has 0 aliphatic carbocycles. The first-order chi connectivity index (χ1) is 10.2. The number of rotatable bonds is 4. The third-order valence-corrected chi connectivity index (χ3v) is 4.48. The number of carbonyl (C=O) groups is 1. The number of benzene rings is 1. The summed E-state index contributed by atoms with van der Waals surface area (Å²) in [5, 5.41) is 6.31. The smallest absolute Gasteiger partial charge is 0.237 e. The van der Waals surface area contributed by atoms with Crippen LogP contribution < -0.4 is 10.6 Å². The second-order valence-electron chi connectivity index (χ2n) is 5.81. The molecule has 5 heteroatoms. The number of methoxy groups -OCH3 is 1. The van der Waals surface area contributed by atoms with Gasteiger partial charge in [0.1, 0.15) is 5.60 Å². The molecule has 2 aliphatic rings. The highest BCUT2D eigenvalue weighted by atomic mass is 16.5. The molecule has 1 unspecified atom stereocenters. The minimum absolute atomic E-state index is 0.0350. The standard InChI is InChI=1S/C16H22N2O3/c1-20-16(6-7-21-11-16)10-18-15(19)14-8-12-4-2-3-5-13(12)9-17-14/h2-5,14,17H,6-11H2,1H3,(H,18,19)/t14-,16?/m0/s1. The van der Waals surface area contributed by atoms with Gasteiger partial charge in [-0.1, -0.05) is 24.3 Å². The summed E-state index contributed by atoms with van der Waals surface area (Å²) >= 11 is 0. The molecular formula is C16H22N2O3. The van der Waals surface area contributed by atoms with Crippen LogP contribution in [0.1, 0.15) is 17.5 Å². The molecule has 5 nitrogen and oxygen atoms in total. The molecule has 0 spiro atoms. The van der Waals surface area contributed by atoms with Gasteiger partial charge in [0, 0.05) is 33.2 Å². The Morgan fingerprint density at radius 3 is 3.00 bits per heavy atom. The van der Waals surface area contributed by atoms with Crippen molar-refractivity contribution in [1.82, 2.24) is 10.6 Å². The lowest BCUT2D eigenvalue weighted by molar-refractivity contribution is -0.125. The average Bonchev–Trinajstić information content (AvgIpc) is 3.01.